The highest BCUT2D eigenvalue weighted by Crippen LogP contribution is 2.25. The lowest BCUT2D eigenvalue weighted by atomic mass is 9.94. The molecule has 2 aromatic carbocycles. The zero-order valence-electron chi connectivity index (χ0n) is 11.6. The molecule has 2 aromatic rings. The van der Waals surface area contributed by atoms with Crippen molar-refractivity contribution in [2.45, 2.75) is 33.3 Å². The Hall–Kier alpha value is -1.31. The van der Waals surface area contributed by atoms with Crippen molar-refractivity contribution in [3.05, 3.63) is 69.2 Å². The van der Waals surface area contributed by atoms with Gasteiger partial charge in [-0.15, -0.1) is 0 Å². The van der Waals surface area contributed by atoms with Crippen LogP contribution in [0.5, 0.6) is 0 Å². The number of aliphatic hydroxyl groups is 1. The van der Waals surface area contributed by atoms with E-state index in [1.807, 2.05) is 31.2 Å². The van der Waals surface area contributed by atoms with Crippen LogP contribution in [0.25, 0.3) is 0 Å². The van der Waals surface area contributed by atoms with Gasteiger partial charge in [0.15, 0.2) is 0 Å². The number of aliphatic hydroxyl groups excluding tert-OH is 1. The summed E-state index contributed by atoms with van der Waals surface area (Å²) in [4.78, 5) is 0. The van der Waals surface area contributed by atoms with Gasteiger partial charge in [-0.25, -0.2) is 0 Å². The van der Waals surface area contributed by atoms with Crippen LogP contribution in [0.15, 0.2) is 36.4 Å². The van der Waals surface area contributed by atoms with E-state index in [9.17, 15) is 5.11 Å². The van der Waals surface area contributed by atoms with E-state index >= 15 is 0 Å². The first-order valence-electron chi connectivity index (χ1n) is 6.47. The normalized spacial score (nSPS) is 12.5. The van der Waals surface area contributed by atoms with Crippen LogP contribution in [-0.4, -0.2) is 5.11 Å². The Morgan fingerprint density at radius 1 is 1.00 bits per heavy atom. The fourth-order valence-electron chi connectivity index (χ4n) is 2.34. The van der Waals surface area contributed by atoms with Crippen molar-refractivity contribution in [1.29, 1.82) is 0 Å². The van der Waals surface area contributed by atoms with Gasteiger partial charge in [0.1, 0.15) is 0 Å². The first-order chi connectivity index (χ1) is 8.97. The van der Waals surface area contributed by atoms with Gasteiger partial charge < -0.3 is 5.11 Å². The maximum Gasteiger partial charge on any atom is 0.0833 e. The summed E-state index contributed by atoms with van der Waals surface area (Å²) in [5.41, 5.74) is 5.67. The average molecular weight is 275 g/mol. The monoisotopic (exact) mass is 274 g/mol. The molecule has 0 fully saturated rings. The van der Waals surface area contributed by atoms with Crippen LogP contribution >= 0.6 is 11.6 Å². The number of rotatable bonds is 3. The van der Waals surface area contributed by atoms with E-state index in [0.717, 1.165) is 16.7 Å². The van der Waals surface area contributed by atoms with Crippen LogP contribution in [0.4, 0.5) is 0 Å². The SMILES string of the molecule is Cc1cc(C)c(C(O)Cc2cccc(Cl)c2)cc1C. The van der Waals surface area contributed by atoms with Gasteiger partial charge in [0, 0.05) is 11.4 Å². The molecule has 0 bridgehead atoms. The molecule has 0 spiro atoms. The second-order valence-electron chi connectivity index (χ2n) is 5.14. The third-order valence-corrected chi connectivity index (χ3v) is 3.79. The molecule has 0 aromatic heterocycles. The lowest BCUT2D eigenvalue weighted by molar-refractivity contribution is 0.177. The van der Waals surface area contributed by atoms with Crippen molar-refractivity contribution in [2.75, 3.05) is 0 Å². The molecule has 0 aliphatic carbocycles. The van der Waals surface area contributed by atoms with Gasteiger partial charge in [0.2, 0.25) is 0 Å². The Balaban J connectivity index is 2.25. The van der Waals surface area contributed by atoms with Gasteiger partial charge in [-0.1, -0.05) is 35.9 Å². The standard InChI is InChI=1S/C17H19ClO/c1-11-7-13(3)16(8-12(11)2)17(19)10-14-5-4-6-15(18)9-14/h4-9,17,19H,10H2,1-3H3. The van der Waals surface area contributed by atoms with Crippen molar-refractivity contribution >= 4 is 11.6 Å². The Morgan fingerprint density at radius 3 is 2.37 bits per heavy atom. The van der Waals surface area contributed by atoms with E-state index in [1.54, 1.807) is 0 Å². The molecule has 0 heterocycles. The first-order valence-corrected chi connectivity index (χ1v) is 6.85. The van der Waals surface area contributed by atoms with Gasteiger partial charge in [0.05, 0.1) is 6.10 Å². The van der Waals surface area contributed by atoms with Crippen LogP contribution in [-0.2, 0) is 6.42 Å². The number of halogens is 1. The summed E-state index contributed by atoms with van der Waals surface area (Å²) in [6.07, 6.45) is 0.0990. The highest BCUT2D eigenvalue weighted by molar-refractivity contribution is 6.30. The molecule has 19 heavy (non-hydrogen) atoms. The summed E-state index contributed by atoms with van der Waals surface area (Å²) in [5.74, 6) is 0. The van der Waals surface area contributed by atoms with E-state index in [1.165, 1.54) is 11.1 Å². The number of benzene rings is 2. The van der Waals surface area contributed by atoms with Gasteiger partial charge >= 0.3 is 0 Å². The summed E-state index contributed by atoms with van der Waals surface area (Å²) >= 11 is 5.97. The molecule has 0 aliphatic rings. The summed E-state index contributed by atoms with van der Waals surface area (Å²) in [6, 6.07) is 11.9. The Bertz CT molecular complexity index is 590. The Morgan fingerprint density at radius 2 is 1.68 bits per heavy atom. The summed E-state index contributed by atoms with van der Waals surface area (Å²) in [7, 11) is 0. The second kappa shape index (κ2) is 5.77. The third kappa shape index (κ3) is 3.37. The molecule has 2 rings (SSSR count). The van der Waals surface area contributed by atoms with Crippen LogP contribution in [0, 0.1) is 20.8 Å². The van der Waals surface area contributed by atoms with Gasteiger partial charge in [-0.2, -0.15) is 0 Å². The minimum Gasteiger partial charge on any atom is -0.388 e. The molecule has 0 aliphatic heterocycles. The van der Waals surface area contributed by atoms with Crippen LogP contribution in [0.3, 0.4) is 0 Å². The lowest BCUT2D eigenvalue weighted by Gasteiger charge is -2.16. The summed E-state index contributed by atoms with van der Waals surface area (Å²) in [6.45, 7) is 6.21. The van der Waals surface area contributed by atoms with Gasteiger partial charge in [0.25, 0.3) is 0 Å². The quantitative estimate of drug-likeness (QED) is 0.871. The molecule has 0 amide bonds. The van der Waals surface area contributed by atoms with Crippen molar-refractivity contribution in [1.82, 2.24) is 0 Å². The highest BCUT2D eigenvalue weighted by atomic mass is 35.5. The summed E-state index contributed by atoms with van der Waals surface area (Å²) in [5, 5.41) is 11.1. The minimum atomic E-state index is -0.488. The van der Waals surface area contributed by atoms with Crippen molar-refractivity contribution in [2.24, 2.45) is 0 Å². The van der Waals surface area contributed by atoms with Gasteiger partial charge in [-0.3, -0.25) is 0 Å². The van der Waals surface area contributed by atoms with E-state index in [-0.39, 0.29) is 0 Å². The van der Waals surface area contributed by atoms with Gasteiger partial charge in [-0.05, 0) is 60.7 Å². The zero-order chi connectivity index (χ0) is 14.0. The predicted octanol–water partition coefficient (Wildman–Crippen LogP) is 4.54. The molecule has 0 saturated heterocycles. The number of aryl methyl sites for hydroxylation is 3. The predicted molar refractivity (Wildman–Crippen MR) is 80.8 cm³/mol. The molecule has 0 saturated carbocycles. The second-order valence-corrected chi connectivity index (χ2v) is 5.58. The highest BCUT2D eigenvalue weighted by Gasteiger charge is 2.12. The smallest absolute Gasteiger partial charge is 0.0833 e. The van der Waals surface area contributed by atoms with Crippen molar-refractivity contribution in [3.8, 4) is 0 Å². The summed E-state index contributed by atoms with van der Waals surface area (Å²) < 4.78 is 0. The first kappa shape index (κ1) is 14.1. The molecule has 1 N–H and O–H groups in total. The van der Waals surface area contributed by atoms with Crippen LogP contribution in [0.1, 0.15) is 33.9 Å². The van der Waals surface area contributed by atoms with E-state index in [2.05, 4.69) is 26.0 Å². The molecular weight excluding hydrogens is 256 g/mol. The van der Waals surface area contributed by atoms with Crippen LogP contribution < -0.4 is 0 Å². The number of hydrogen-bond donors (Lipinski definition) is 1. The fraction of sp³-hybridized carbons (Fsp3) is 0.294. The van der Waals surface area contributed by atoms with E-state index in [0.29, 0.717) is 11.4 Å². The maximum atomic E-state index is 10.4. The molecule has 100 valence electrons. The largest absolute Gasteiger partial charge is 0.388 e. The lowest BCUT2D eigenvalue weighted by Crippen LogP contribution is -2.05. The fourth-order valence-corrected chi connectivity index (χ4v) is 2.55. The topological polar surface area (TPSA) is 20.2 Å². The zero-order valence-corrected chi connectivity index (χ0v) is 12.3. The Labute approximate surface area is 119 Å². The molecule has 1 atom stereocenters. The van der Waals surface area contributed by atoms with E-state index < -0.39 is 6.10 Å². The molecule has 1 unspecified atom stereocenters. The molecular formula is C17H19ClO. The Kier molecular flexibility index (Phi) is 4.28. The average Bonchev–Trinajstić information content (AvgIpc) is 2.33. The van der Waals surface area contributed by atoms with Crippen molar-refractivity contribution in [3.63, 3.8) is 0 Å². The van der Waals surface area contributed by atoms with E-state index in [4.69, 9.17) is 11.6 Å². The third-order valence-electron chi connectivity index (χ3n) is 3.56. The number of hydrogen-bond acceptors (Lipinski definition) is 1. The van der Waals surface area contributed by atoms with Crippen molar-refractivity contribution < 1.29 is 5.11 Å². The molecule has 2 heteroatoms. The minimum absolute atomic E-state index is 0.488. The maximum absolute atomic E-state index is 10.4. The molecule has 1 nitrogen and oxygen atoms in total. The molecule has 0 radical (unpaired) electrons. The van der Waals surface area contributed by atoms with Crippen LogP contribution in [0.2, 0.25) is 5.02 Å².